The van der Waals surface area contributed by atoms with Gasteiger partial charge in [-0.3, -0.25) is 9.20 Å². The van der Waals surface area contributed by atoms with E-state index in [-0.39, 0.29) is 29.3 Å². The molecule has 3 aromatic rings. The quantitative estimate of drug-likeness (QED) is 0.526. The van der Waals surface area contributed by atoms with Gasteiger partial charge in [-0.2, -0.15) is 0 Å². The number of aromatic nitrogens is 4. The second-order valence-electron chi connectivity index (χ2n) is 6.92. The number of nitrogens with two attached hydrogens (primary N) is 2. The van der Waals surface area contributed by atoms with Crippen LogP contribution in [0, 0.1) is 5.82 Å². The minimum absolute atomic E-state index is 0.0402. The molecule has 0 spiro atoms. The lowest BCUT2D eigenvalue weighted by molar-refractivity contribution is 0.100. The Bertz CT molecular complexity index is 1020. The van der Waals surface area contributed by atoms with Crippen molar-refractivity contribution in [1.29, 1.82) is 0 Å². The maximum Gasteiger partial charge on any atom is 0.252 e. The predicted octanol–water partition coefficient (Wildman–Crippen LogP) is 1.79. The molecule has 0 bridgehead atoms. The van der Waals surface area contributed by atoms with Crippen LogP contribution in [0.4, 0.5) is 21.7 Å². The summed E-state index contributed by atoms with van der Waals surface area (Å²) in [5.41, 5.74) is 12.7. The van der Waals surface area contributed by atoms with Crippen LogP contribution in [0.1, 0.15) is 36.0 Å². The van der Waals surface area contributed by atoms with Crippen molar-refractivity contribution >= 4 is 28.9 Å². The summed E-state index contributed by atoms with van der Waals surface area (Å²) in [6.07, 6.45) is 7.13. The molecule has 3 heterocycles. The van der Waals surface area contributed by atoms with Crippen molar-refractivity contribution in [2.45, 2.75) is 37.8 Å². The fourth-order valence-corrected chi connectivity index (χ4v) is 3.42. The molecule has 1 saturated carbocycles. The highest BCUT2D eigenvalue weighted by Gasteiger charge is 2.24. The maximum absolute atomic E-state index is 14.6. The third-order valence-corrected chi connectivity index (χ3v) is 4.95. The molecule has 0 radical (unpaired) electrons. The third kappa shape index (κ3) is 3.58. The number of nitrogens with zero attached hydrogens (tertiary/aromatic N) is 4. The molecule has 4 rings (SSSR count). The van der Waals surface area contributed by atoms with Gasteiger partial charge in [-0.1, -0.05) is 12.8 Å². The standard InChI is InChI=1S/C18H21FN8O/c19-12-8-11(16(21)28)17(23-10-5-6-27-9-22-26-15(27)7-10)25-18(12)24-14-4-2-1-3-13(14)20/h5-9,13-14H,1-4,20H2,(H2,21,28)(H2,23,24,25)/t13-,14+/m0/s1. The Hall–Kier alpha value is -3.27. The largest absolute Gasteiger partial charge is 0.365 e. The molecule has 6 N–H and O–H groups in total. The van der Waals surface area contributed by atoms with Gasteiger partial charge >= 0.3 is 0 Å². The van der Waals surface area contributed by atoms with Gasteiger partial charge in [0.15, 0.2) is 17.3 Å². The van der Waals surface area contributed by atoms with Crippen LogP contribution >= 0.6 is 0 Å². The smallest absolute Gasteiger partial charge is 0.252 e. The predicted molar refractivity (Wildman–Crippen MR) is 103 cm³/mol. The molecule has 1 aliphatic carbocycles. The van der Waals surface area contributed by atoms with Crippen molar-refractivity contribution in [2.24, 2.45) is 11.5 Å². The van der Waals surface area contributed by atoms with Crippen LogP contribution in [-0.2, 0) is 0 Å². The molecule has 1 fully saturated rings. The molecule has 0 aliphatic heterocycles. The van der Waals surface area contributed by atoms with E-state index in [0.29, 0.717) is 11.3 Å². The lowest BCUT2D eigenvalue weighted by atomic mass is 9.91. The van der Waals surface area contributed by atoms with E-state index >= 15 is 0 Å². The molecule has 28 heavy (non-hydrogen) atoms. The first kappa shape index (κ1) is 18.1. The van der Waals surface area contributed by atoms with Crippen LogP contribution in [0.2, 0.25) is 0 Å². The van der Waals surface area contributed by atoms with Crippen LogP contribution in [0.5, 0.6) is 0 Å². The van der Waals surface area contributed by atoms with Gasteiger partial charge in [0.25, 0.3) is 5.91 Å². The second-order valence-corrected chi connectivity index (χ2v) is 6.92. The molecular formula is C18H21FN8O. The van der Waals surface area contributed by atoms with Gasteiger partial charge in [0.1, 0.15) is 12.1 Å². The molecule has 0 saturated heterocycles. The van der Waals surface area contributed by atoms with Gasteiger partial charge in [-0.25, -0.2) is 9.37 Å². The van der Waals surface area contributed by atoms with E-state index in [4.69, 9.17) is 11.5 Å². The summed E-state index contributed by atoms with van der Waals surface area (Å²) in [6, 6.07) is 4.43. The summed E-state index contributed by atoms with van der Waals surface area (Å²) in [5, 5.41) is 13.9. The Kier molecular flexibility index (Phi) is 4.78. The average molecular weight is 384 g/mol. The number of rotatable bonds is 5. The van der Waals surface area contributed by atoms with Crippen LogP contribution in [0.15, 0.2) is 30.7 Å². The number of carbonyl (C=O) groups is 1. The number of nitrogens with one attached hydrogen (secondary N) is 2. The second kappa shape index (κ2) is 7.39. The number of fused-ring (bicyclic) bond motifs is 1. The molecule has 146 valence electrons. The van der Waals surface area contributed by atoms with Crippen molar-refractivity contribution in [2.75, 3.05) is 10.6 Å². The van der Waals surface area contributed by atoms with Gasteiger partial charge < -0.3 is 22.1 Å². The zero-order valence-corrected chi connectivity index (χ0v) is 15.1. The fourth-order valence-electron chi connectivity index (χ4n) is 3.42. The molecular weight excluding hydrogens is 363 g/mol. The summed E-state index contributed by atoms with van der Waals surface area (Å²) in [4.78, 5) is 16.1. The van der Waals surface area contributed by atoms with Gasteiger partial charge in [-0.05, 0) is 25.0 Å². The van der Waals surface area contributed by atoms with Crippen LogP contribution in [0.25, 0.3) is 5.65 Å². The van der Waals surface area contributed by atoms with E-state index in [0.717, 1.165) is 31.7 Å². The Balaban J connectivity index is 1.66. The molecule has 10 heteroatoms. The molecule has 3 aromatic heterocycles. The van der Waals surface area contributed by atoms with E-state index in [1.165, 1.54) is 0 Å². The minimum Gasteiger partial charge on any atom is -0.365 e. The molecule has 0 aromatic carbocycles. The van der Waals surface area contributed by atoms with E-state index in [1.54, 1.807) is 29.1 Å². The highest BCUT2D eigenvalue weighted by molar-refractivity contribution is 5.98. The van der Waals surface area contributed by atoms with Crippen molar-refractivity contribution in [3.63, 3.8) is 0 Å². The van der Waals surface area contributed by atoms with Crippen molar-refractivity contribution in [1.82, 2.24) is 19.6 Å². The fraction of sp³-hybridized carbons (Fsp3) is 0.333. The zero-order valence-electron chi connectivity index (χ0n) is 15.1. The van der Waals surface area contributed by atoms with Crippen molar-refractivity contribution < 1.29 is 9.18 Å². The molecule has 1 amide bonds. The first-order valence-corrected chi connectivity index (χ1v) is 9.10. The van der Waals surface area contributed by atoms with E-state index in [9.17, 15) is 9.18 Å². The summed E-state index contributed by atoms with van der Waals surface area (Å²) in [7, 11) is 0. The highest BCUT2D eigenvalue weighted by Crippen LogP contribution is 2.27. The summed E-state index contributed by atoms with van der Waals surface area (Å²) >= 11 is 0. The van der Waals surface area contributed by atoms with Crippen molar-refractivity contribution in [3.05, 3.63) is 42.1 Å². The van der Waals surface area contributed by atoms with Gasteiger partial charge in [0, 0.05) is 30.0 Å². The number of hydrogen-bond donors (Lipinski definition) is 4. The van der Waals surface area contributed by atoms with E-state index < -0.39 is 11.7 Å². The summed E-state index contributed by atoms with van der Waals surface area (Å²) in [5.74, 6) is -1.23. The third-order valence-electron chi connectivity index (χ3n) is 4.95. The first-order valence-electron chi connectivity index (χ1n) is 9.10. The number of primary amides is 1. The number of hydrogen-bond acceptors (Lipinski definition) is 7. The van der Waals surface area contributed by atoms with E-state index in [1.807, 2.05) is 0 Å². The number of carbonyl (C=O) groups excluding carboxylic acids is 1. The van der Waals surface area contributed by atoms with Crippen molar-refractivity contribution in [3.8, 4) is 0 Å². The Labute approximate surface area is 160 Å². The van der Waals surface area contributed by atoms with Crippen LogP contribution < -0.4 is 22.1 Å². The topological polar surface area (TPSA) is 136 Å². The number of pyridine rings is 2. The van der Waals surface area contributed by atoms with Crippen LogP contribution in [-0.4, -0.2) is 37.6 Å². The SMILES string of the molecule is NC(=O)c1cc(F)c(N[C@@H]2CCCC[C@@H]2N)nc1Nc1ccn2cnnc2c1. The summed E-state index contributed by atoms with van der Waals surface area (Å²) in [6.45, 7) is 0. The normalized spacial score (nSPS) is 19.5. The van der Waals surface area contributed by atoms with E-state index in [2.05, 4.69) is 25.8 Å². The molecule has 0 unspecified atom stereocenters. The average Bonchev–Trinajstić information content (AvgIpc) is 3.13. The number of halogens is 1. The lowest BCUT2D eigenvalue weighted by Gasteiger charge is -2.30. The Morgan fingerprint density at radius 2 is 2.07 bits per heavy atom. The maximum atomic E-state index is 14.6. The first-order chi connectivity index (χ1) is 13.5. The van der Waals surface area contributed by atoms with Gasteiger partial charge in [0.2, 0.25) is 0 Å². The number of amides is 1. The van der Waals surface area contributed by atoms with Gasteiger partial charge in [-0.15, -0.1) is 10.2 Å². The zero-order chi connectivity index (χ0) is 19.7. The Morgan fingerprint density at radius 1 is 1.25 bits per heavy atom. The molecule has 2 atom stereocenters. The van der Waals surface area contributed by atoms with Gasteiger partial charge in [0.05, 0.1) is 5.56 Å². The monoisotopic (exact) mass is 384 g/mol. The minimum atomic E-state index is -0.779. The highest BCUT2D eigenvalue weighted by atomic mass is 19.1. The number of anilines is 3. The Morgan fingerprint density at radius 3 is 2.86 bits per heavy atom. The molecule has 9 nitrogen and oxygen atoms in total. The van der Waals surface area contributed by atoms with Crippen LogP contribution in [0.3, 0.4) is 0 Å². The molecule has 1 aliphatic rings. The summed E-state index contributed by atoms with van der Waals surface area (Å²) < 4.78 is 16.3. The lowest BCUT2D eigenvalue weighted by Crippen LogP contribution is -2.43.